The Balaban J connectivity index is 1.70. The summed E-state index contributed by atoms with van der Waals surface area (Å²) in [7, 11) is 1.67. The molecule has 1 saturated heterocycles. The van der Waals surface area contributed by atoms with Crippen LogP contribution in [0.2, 0.25) is 0 Å². The topological polar surface area (TPSA) is 76.5 Å². The average Bonchev–Trinajstić information content (AvgIpc) is 3.38. The minimum Gasteiger partial charge on any atom is -0.383 e. The highest BCUT2D eigenvalue weighted by molar-refractivity contribution is 6.08. The Bertz CT molecular complexity index is 1170. The molecule has 0 spiro atoms. The van der Waals surface area contributed by atoms with Crippen molar-refractivity contribution in [3.8, 4) is 0 Å². The lowest BCUT2D eigenvalue weighted by atomic mass is 10.1. The van der Waals surface area contributed by atoms with Crippen molar-refractivity contribution in [3.63, 3.8) is 0 Å². The fourth-order valence-electron chi connectivity index (χ4n) is 4.37. The molecule has 33 heavy (non-hydrogen) atoms. The average molecular weight is 449 g/mol. The number of pyridine rings is 1. The fourth-order valence-corrected chi connectivity index (χ4v) is 4.37. The maximum atomic E-state index is 13.5. The van der Waals surface area contributed by atoms with Gasteiger partial charge in [0.2, 0.25) is 0 Å². The molecule has 7 heteroatoms. The summed E-state index contributed by atoms with van der Waals surface area (Å²) in [6.07, 6.45) is 3.82. The molecule has 0 saturated carbocycles. The Kier molecular flexibility index (Phi) is 6.26. The normalized spacial score (nSPS) is 16.4. The highest BCUT2D eigenvalue weighted by Gasteiger charge is 2.32. The van der Waals surface area contributed by atoms with Gasteiger partial charge in [-0.2, -0.15) is 0 Å². The Labute approximate surface area is 194 Å². The minimum absolute atomic E-state index is 0.000732. The fraction of sp³-hybridized carbons (Fsp3) is 0.423. The Morgan fingerprint density at radius 3 is 2.55 bits per heavy atom. The maximum Gasteiger partial charge on any atom is 0.256 e. The predicted molar refractivity (Wildman–Crippen MR) is 130 cm³/mol. The van der Waals surface area contributed by atoms with Crippen LogP contribution in [-0.4, -0.2) is 52.6 Å². The van der Waals surface area contributed by atoms with E-state index < -0.39 is 0 Å². The lowest BCUT2D eigenvalue weighted by Crippen LogP contribution is -2.38. The number of rotatable bonds is 5. The Hall–Kier alpha value is -3.19. The standard InChI is InChI=1S/C26H32N4O3/c1-17-8-10-18(11-9-17)24(31)28-22-13-12-20-21(15-30(23(20)27-22)26(2,3)4)25(32)29-14-6-7-19(29)16-33-5/h8-13,15,19H,6-7,14,16H2,1-5H3,(H,27,28,31). The van der Waals surface area contributed by atoms with Gasteiger partial charge in [0, 0.05) is 36.3 Å². The molecule has 4 rings (SSSR count). The summed E-state index contributed by atoms with van der Waals surface area (Å²) in [5, 5.41) is 3.67. The van der Waals surface area contributed by atoms with E-state index >= 15 is 0 Å². The number of methoxy groups -OCH3 is 1. The summed E-state index contributed by atoms with van der Waals surface area (Å²) in [6, 6.07) is 11.1. The molecule has 0 bridgehead atoms. The number of hydrogen-bond acceptors (Lipinski definition) is 4. The minimum atomic E-state index is -0.291. The summed E-state index contributed by atoms with van der Waals surface area (Å²) in [6.45, 7) is 9.47. The number of anilines is 1. The van der Waals surface area contributed by atoms with Crippen LogP contribution in [0.25, 0.3) is 11.0 Å². The highest BCUT2D eigenvalue weighted by atomic mass is 16.5. The van der Waals surface area contributed by atoms with Crippen molar-refractivity contribution < 1.29 is 14.3 Å². The number of ether oxygens (including phenoxy) is 1. The van der Waals surface area contributed by atoms with E-state index in [1.54, 1.807) is 25.3 Å². The van der Waals surface area contributed by atoms with Gasteiger partial charge in [-0.1, -0.05) is 17.7 Å². The van der Waals surface area contributed by atoms with Crippen LogP contribution < -0.4 is 5.32 Å². The molecular weight excluding hydrogens is 416 g/mol. The van der Waals surface area contributed by atoms with E-state index in [0.29, 0.717) is 29.2 Å². The van der Waals surface area contributed by atoms with E-state index in [-0.39, 0.29) is 23.4 Å². The molecular formula is C26H32N4O3. The molecule has 1 aliphatic heterocycles. The van der Waals surface area contributed by atoms with Crippen LogP contribution in [0.15, 0.2) is 42.6 Å². The first-order valence-corrected chi connectivity index (χ1v) is 11.4. The molecule has 3 aromatic rings. The van der Waals surface area contributed by atoms with Crippen molar-refractivity contribution in [1.82, 2.24) is 14.5 Å². The molecule has 1 N–H and O–H groups in total. The molecule has 7 nitrogen and oxygen atoms in total. The number of aryl methyl sites for hydroxylation is 1. The van der Waals surface area contributed by atoms with Gasteiger partial charge < -0.3 is 19.5 Å². The van der Waals surface area contributed by atoms with Crippen LogP contribution in [0, 0.1) is 6.92 Å². The van der Waals surface area contributed by atoms with Gasteiger partial charge >= 0.3 is 0 Å². The molecule has 1 aromatic carbocycles. The molecule has 2 aromatic heterocycles. The number of benzene rings is 1. The van der Waals surface area contributed by atoms with Crippen molar-refractivity contribution in [1.29, 1.82) is 0 Å². The number of carbonyl (C=O) groups is 2. The van der Waals surface area contributed by atoms with Gasteiger partial charge in [-0.05, 0) is 64.8 Å². The molecule has 3 heterocycles. The number of nitrogens with zero attached hydrogens (tertiary/aromatic N) is 3. The molecule has 174 valence electrons. The van der Waals surface area contributed by atoms with Crippen LogP contribution in [0.1, 0.15) is 59.9 Å². The van der Waals surface area contributed by atoms with Crippen LogP contribution in [0.4, 0.5) is 5.82 Å². The third-order valence-corrected chi connectivity index (χ3v) is 6.16. The van der Waals surface area contributed by atoms with Crippen molar-refractivity contribution in [2.24, 2.45) is 0 Å². The first kappa shape index (κ1) is 23.0. The third kappa shape index (κ3) is 4.64. The second-order valence-corrected chi connectivity index (χ2v) is 9.72. The van der Waals surface area contributed by atoms with E-state index in [1.807, 2.05) is 40.8 Å². The van der Waals surface area contributed by atoms with Crippen molar-refractivity contribution >= 4 is 28.7 Å². The molecule has 1 unspecified atom stereocenters. The summed E-state index contributed by atoms with van der Waals surface area (Å²) in [5.41, 5.74) is 2.68. The van der Waals surface area contributed by atoms with Crippen LogP contribution in [-0.2, 0) is 10.3 Å². The van der Waals surface area contributed by atoms with E-state index in [9.17, 15) is 9.59 Å². The molecule has 1 aliphatic rings. The van der Waals surface area contributed by atoms with Crippen LogP contribution >= 0.6 is 0 Å². The largest absolute Gasteiger partial charge is 0.383 e. The summed E-state index contributed by atoms with van der Waals surface area (Å²) < 4.78 is 7.35. The maximum absolute atomic E-state index is 13.5. The van der Waals surface area contributed by atoms with Gasteiger partial charge in [0.25, 0.3) is 11.8 Å². The van der Waals surface area contributed by atoms with Gasteiger partial charge in [0.15, 0.2) is 0 Å². The number of carbonyl (C=O) groups excluding carboxylic acids is 2. The monoisotopic (exact) mass is 448 g/mol. The smallest absolute Gasteiger partial charge is 0.256 e. The lowest BCUT2D eigenvalue weighted by molar-refractivity contribution is 0.0632. The second kappa shape index (κ2) is 8.98. The zero-order valence-corrected chi connectivity index (χ0v) is 20.0. The number of amides is 2. The zero-order chi connectivity index (χ0) is 23.8. The second-order valence-electron chi connectivity index (χ2n) is 9.72. The number of hydrogen-bond donors (Lipinski definition) is 1. The molecule has 0 radical (unpaired) electrons. The third-order valence-electron chi connectivity index (χ3n) is 6.16. The van der Waals surface area contributed by atoms with Crippen molar-refractivity contribution in [2.75, 3.05) is 25.6 Å². The first-order chi connectivity index (χ1) is 15.7. The number of nitrogens with one attached hydrogen (secondary N) is 1. The Morgan fingerprint density at radius 1 is 1.15 bits per heavy atom. The molecule has 2 amide bonds. The molecule has 1 fully saturated rings. The zero-order valence-electron chi connectivity index (χ0n) is 20.0. The number of likely N-dealkylation sites (tertiary alicyclic amines) is 1. The summed E-state index contributed by atoms with van der Waals surface area (Å²) in [5.74, 6) is 0.237. The van der Waals surface area contributed by atoms with E-state index in [2.05, 4.69) is 26.1 Å². The van der Waals surface area contributed by atoms with Gasteiger partial charge in [-0.3, -0.25) is 9.59 Å². The predicted octanol–water partition coefficient (Wildman–Crippen LogP) is 4.60. The summed E-state index contributed by atoms with van der Waals surface area (Å²) >= 11 is 0. The SMILES string of the molecule is COCC1CCCN1C(=O)c1cn(C(C)(C)C)c2nc(NC(=O)c3ccc(C)cc3)ccc12. The first-order valence-electron chi connectivity index (χ1n) is 11.4. The molecule has 1 atom stereocenters. The Morgan fingerprint density at radius 2 is 1.88 bits per heavy atom. The van der Waals surface area contributed by atoms with Gasteiger partial charge in [-0.15, -0.1) is 0 Å². The van der Waals surface area contributed by atoms with Crippen molar-refractivity contribution in [2.45, 2.75) is 52.1 Å². The van der Waals surface area contributed by atoms with Crippen LogP contribution in [0.5, 0.6) is 0 Å². The van der Waals surface area contributed by atoms with E-state index in [0.717, 1.165) is 30.3 Å². The van der Waals surface area contributed by atoms with Gasteiger partial charge in [0.1, 0.15) is 11.5 Å². The quantitative estimate of drug-likeness (QED) is 0.619. The summed E-state index contributed by atoms with van der Waals surface area (Å²) in [4.78, 5) is 32.9. The van der Waals surface area contributed by atoms with E-state index in [1.165, 1.54) is 0 Å². The van der Waals surface area contributed by atoms with Gasteiger partial charge in [-0.25, -0.2) is 4.98 Å². The van der Waals surface area contributed by atoms with Gasteiger partial charge in [0.05, 0.1) is 18.2 Å². The van der Waals surface area contributed by atoms with Crippen molar-refractivity contribution in [3.05, 3.63) is 59.3 Å². The lowest BCUT2D eigenvalue weighted by Gasteiger charge is -2.24. The number of aromatic nitrogens is 2. The molecule has 0 aliphatic carbocycles. The highest BCUT2D eigenvalue weighted by Crippen LogP contribution is 2.30. The number of fused-ring (bicyclic) bond motifs is 1. The van der Waals surface area contributed by atoms with Crippen LogP contribution in [0.3, 0.4) is 0 Å². The van der Waals surface area contributed by atoms with E-state index in [4.69, 9.17) is 9.72 Å².